The van der Waals surface area contributed by atoms with Crippen LogP contribution in [0.1, 0.15) is 17.1 Å². The lowest BCUT2D eigenvalue weighted by atomic mass is 10.3. The Kier molecular flexibility index (Phi) is 3.61. The van der Waals surface area contributed by atoms with Gasteiger partial charge in [0.1, 0.15) is 6.54 Å². The number of nitrogens with zero attached hydrogens (tertiary/aromatic N) is 4. The van der Waals surface area contributed by atoms with Gasteiger partial charge in [0.2, 0.25) is 5.91 Å². The van der Waals surface area contributed by atoms with Gasteiger partial charge in [0.05, 0.1) is 27.8 Å². The monoisotopic (exact) mass is 281 g/mol. The molecule has 102 valence electrons. The molecular formula is C12H16ClN5O. The Morgan fingerprint density at radius 2 is 2.00 bits per heavy atom. The van der Waals surface area contributed by atoms with E-state index < -0.39 is 0 Å². The van der Waals surface area contributed by atoms with Gasteiger partial charge in [-0.25, -0.2) is 0 Å². The highest BCUT2D eigenvalue weighted by atomic mass is 35.5. The van der Waals surface area contributed by atoms with Gasteiger partial charge >= 0.3 is 0 Å². The summed E-state index contributed by atoms with van der Waals surface area (Å²) in [7, 11) is 1.84. The predicted molar refractivity (Wildman–Crippen MR) is 73.3 cm³/mol. The fraction of sp³-hybridized carbons (Fsp3) is 0.417. The minimum atomic E-state index is -0.154. The molecule has 0 atom stereocenters. The summed E-state index contributed by atoms with van der Waals surface area (Å²) < 4.78 is 3.26. The van der Waals surface area contributed by atoms with Crippen LogP contribution in [0.4, 0.5) is 5.69 Å². The van der Waals surface area contributed by atoms with E-state index in [0.29, 0.717) is 10.7 Å². The van der Waals surface area contributed by atoms with Crippen LogP contribution in [0.5, 0.6) is 0 Å². The maximum atomic E-state index is 12.0. The molecule has 0 spiro atoms. The maximum Gasteiger partial charge on any atom is 0.246 e. The van der Waals surface area contributed by atoms with Crippen molar-refractivity contribution < 1.29 is 4.79 Å². The molecule has 0 saturated carbocycles. The van der Waals surface area contributed by atoms with Gasteiger partial charge in [-0.2, -0.15) is 10.2 Å². The fourth-order valence-electron chi connectivity index (χ4n) is 1.86. The van der Waals surface area contributed by atoms with Crippen LogP contribution in [0, 0.1) is 20.8 Å². The number of aryl methyl sites for hydroxylation is 3. The highest BCUT2D eigenvalue weighted by Crippen LogP contribution is 2.18. The standard InChI is InChI=1S/C12H16ClN5O/c1-7-10(13)5-18(16-7)6-11(19)14-12-8(2)15-17(4)9(12)3/h5H,6H2,1-4H3,(H,14,19). The second-order valence-electron chi connectivity index (χ2n) is 4.48. The van der Waals surface area contributed by atoms with Gasteiger partial charge in [-0.3, -0.25) is 14.2 Å². The second kappa shape index (κ2) is 5.05. The third kappa shape index (κ3) is 2.78. The van der Waals surface area contributed by atoms with Crippen molar-refractivity contribution in [1.82, 2.24) is 19.6 Å². The highest BCUT2D eigenvalue weighted by molar-refractivity contribution is 6.31. The second-order valence-corrected chi connectivity index (χ2v) is 4.88. The molecule has 6 nitrogen and oxygen atoms in total. The van der Waals surface area contributed by atoms with Crippen LogP contribution in [0.25, 0.3) is 0 Å². The topological polar surface area (TPSA) is 64.7 Å². The zero-order chi connectivity index (χ0) is 14.2. The van der Waals surface area contributed by atoms with Crippen LogP contribution in [0.3, 0.4) is 0 Å². The number of nitrogens with one attached hydrogen (secondary N) is 1. The first-order valence-electron chi connectivity index (χ1n) is 5.88. The van der Waals surface area contributed by atoms with Crippen molar-refractivity contribution >= 4 is 23.2 Å². The number of anilines is 1. The summed E-state index contributed by atoms with van der Waals surface area (Å²) >= 11 is 5.90. The van der Waals surface area contributed by atoms with E-state index in [9.17, 15) is 4.79 Å². The summed E-state index contributed by atoms with van der Waals surface area (Å²) in [5, 5.41) is 11.8. The number of hydrogen-bond donors (Lipinski definition) is 1. The van der Waals surface area contributed by atoms with E-state index in [0.717, 1.165) is 17.1 Å². The third-order valence-corrected chi connectivity index (χ3v) is 3.34. The maximum absolute atomic E-state index is 12.0. The average molecular weight is 282 g/mol. The van der Waals surface area contributed by atoms with Crippen molar-refractivity contribution in [2.75, 3.05) is 5.32 Å². The Bertz CT molecular complexity index is 609. The fourth-order valence-corrected chi connectivity index (χ4v) is 2.01. The molecule has 0 aromatic carbocycles. The highest BCUT2D eigenvalue weighted by Gasteiger charge is 2.13. The minimum Gasteiger partial charge on any atom is -0.321 e. The number of carbonyl (C=O) groups excluding carboxylic acids is 1. The molecular weight excluding hydrogens is 266 g/mol. The normalized spacial score (nSPS) is 10.8. The van der Waals surface area contributed by atoms with E-state index in [-0.39, 0.29) is 12.5 Å². The van der Waals surface area contributed by atoms with Crippen molar-refractivity contribution in [3.8, 4) is 0 Å². The van der Waals surface area contributed by atoms with Gasteiger partial charge in [0.15, 0.2) is 0 Å². The summed E-state index contributed by atoms with van der Waals surface area (Å²) in [6, 6.07) is 0. The smallest absolute Gasteiger partial charge is 0.246 e. The Hall–Kier alpha value is -1.82. The first-order chi connectivity index (χ1) is 8.88. The lowest BCUT2D eigenvalue weighted by Crippen LogP contribution is -2.19. The number of hydrogen-bond acceptors (Lipinski definition) is 3. The van der Waals surface area contributed by atoms with Gasteiger partial charge in [-0.05, 0) is 20.8 Å². The van der Waals surface area contributed by atoms with Gasteiger partial charge in [-0.15, -0.1) is 0 Å². The first kappa shape index (κ1) is 13.6. The summed E-state index contributed by atoms with van der Waals surface area (Å²) in [6.45, 7) is 5.69. The molecule has 2 rings (SSSR count). The molecule has 0 aliphatic heterocycles. The van der Waals surface area contributed by atoms with Crippen LogP contribution in [-0.4, -0.2) is 25.5 Å². The van der Waals surface area contributed by atoms with Crippen molar-refractivity contribution in [3.63, 3.8) is 0 Å². The molecule has 2 heterocycles. The molecule has 19 heavy (non-hydrogen) atoms. The molecule has 0 saturated heterocycles. The number of carbonyl (C=O) groups is 1. The van der Waals surface area contributed by atoms with Crippen LogP contribution >= 0.6 is 11.6 Å². The summed E-state index contributed by atoms with van der Waals surface area (Å²) in [5.41, 5.74) is 3.18. The lowest BCUT2D eigenvalue weighted by Gasteiger charge is -2.05. The van der Waals surface area contributed by atoms with Crippen LogP contribution < -0.4 is 5.32 Å². The zero-order valence-corrected chi connectivity index (χ0v) is 12.1. The van der Waals surface area contributed by atoms with E-state index >= 15 is 0 Å². The van der Waals surface area contributed by atoms with Crippen molar-refractivity contribution in [3.05, 3.63) is 28.3 Å². The van der Waals surface area contributed by atoms with Crippen LogP contribution in [0.2, 0.25) is 5.02 Å². The van der Waals surface area contributed by atoms with E-state index in [1.54, 1.807) is 17.8 Å². The summed E-state index contributed by atoms with van der Waals surface area (Å²) in [5.74, 6) is -0.154. The van der Waals surface area contributed by atoms with E-state index in [1.807, 2.05) is 20.9 Å². The number of halogens is 1. The Morgan fingerprint density at radius 3 is 2.47 bits per heavy atom. The average Bonchev–Trinajstić information content (AvgIpc) is 2.74. The van der Waals surface area contributed by atoms with Crippen molar-refractivity contribution in [1.29, 1.82) is 0 Å². The predicted octanol–water partition coefficient (Wildman–Crippen LogP) is 1.83. The first-order valence-corrected chi connectivity index (χ1v) is 6.26. The number of rotatable bonds is 3. The molecule has 0 unspecified atom stereocenters. The van der Waals surface area contributed by atoms with Gasteiger partial charge in [0.25, 0.3) is 0 Å². The summed E-state index contributed by atoms with van der Waals surface area (Å²) in [4.78, 5) is 12.0. The molecule has 0 bridgehead atoms. The Balaban J connectivity index is 2.09. The van der Waals surface area contributed by atoms with E-state index in [1.165, 1.54) is 4.68 Å². The largest absolute Gasteiger partial charge is 0.321 e. The van der Waals surface area contributed by atoms with Gasteiger partial charge in [0, 0.05) is 13.2 Å². The molecule has 0 aliphatic carbocycles. The molecule has 7 heteroatoms. The molecule has 0 aliphatic rings. The van der Waals surface area contributed by atoms with Crippen LogP contribution in [0.15, 0.2) is 6.20 Å². The molecule has 2 aromatic heterocycles. The Morgan fingerprint density at radius 1 is 1.32 bits per heavy atom. The molecule has 1 N–H and O–H groups in total. The molecule has 0 radical (unpaired) electrons. The van der Waals surface area contributed by atoms with E-state index in [2.05, 4.69) is 15.5 Å². The molecule has 2 aromatic rings. The summed E-state index contributed by atoms with van der Waals surface area (Å²) in [6.07, 6.45) is 1.64. The van der Waals surface area contributed by atoms with Crippen molar-refractivity contribution in [2.24, 2.45) is 7.05 Å². The third-order valence-electron chi connectivity index (χ3n) is 2.97. The molecule has 1 amide bonds. The SMILES string of the molecule is Cc1nn(CC(=O)Nc2c(C)nn(C)c2C)cc1Cl. The quantitative estimate of drug-likeness (QED) is 0.933. The lowest BCUT2D eigenvalue weighted by molar-refractivity contribution is -0.116. The van der Waals surface area contributed by atoms with Gasteiger partial charge < -0.3 is 5.32 Å². The molecule has 0 fully saturated rings. The minimum absolute atomic E-state index is 0.126. The number of aromatic nitrogens is 4. The van der Waals surface area contributed by atoms with Crippen molar-refractivity contribution in [2.45, 2.75) is 27.3 Å². The zero-order valence-electron chi connectivity index (χ0n) is 11.4. The number of amides is 1. The Labute approximate surface area is 116 Å². The van der Waals surface area contributed by atoms with Crippen LogP contribution in [-0.2, 0) is 18.4 Å². The van der Waals surface area contributed by atoms with Gasteiger partial charge in [-0.1, -0.05) is 11.6 Å². The van der Waals surface area contributed by atoms with E-state index in [4.69, 9.17) is 11.6 Å².